The van der Waals surface area contributed by atoms with Crippen LogP contribution in [0.1, 0.15) is 56.0 Å². The molecule has 1 amide bonds. The number of amides is 1. The molecule has 156 valence electrons. The highest BCUT2D eigenvalue weighted by Gasteiger charge is 2.25. The lowest BCUT2D eigenvalue weighted by Gasteiger charge is -2.22. The first-order valence-electron chi connectivity index (χ1n) is 10.7. The standard InChI is InChI=1S/C22H31N5O2/c1-15(2)12-19(23-16(3)28)22-25-24-21-6-8-26(9-10-27(21)22)14-17-4-5-20-18(13-17)7-11-29-20/h4-5,13,15,19H,6-12,14H2,1-3H3,(H,23,28). The predicted molar refractivity (Wildman–Crippen MR) is 111 cm³/mol. The molecular formula is C22H31N5O2. The van der Waals surface area contributed by atoms with Crippen molar-refractivity contribution in [1.29, 1.82) is 0 Å². The Morgan fingerprint density at radius 1 is 1.21 bits per heavy atom. The monoisotopic (exact) mass is 397 g/mol. The van der Waals surface area contributed by atoms with Gasteiger partial charge in [-0.25, -0.2) is 0 Å². The van der Waals surface area contributed by atoms with Gasteiger partial charge in [0.1, 0.15) is 11.6 Å². The second-order valence-corrected chi connectivity index (χ2v) is 8.58. The van der Waals surface area contributed by atoms with Crippen molar-refractivity contribution >= 4 is 5.91 Å². The van der Waals surface area contributed by atoms with E-state index >= 15 is 0 Å². The third kappa shape index (κ3) is 4.61. The molecule has 1 aromatic heterocycles. The highest BCUT2D eigenvalue weighted by atomic mass is 16.5. The smallest absolute Gasteiger partial charge is 0.217 e. The molecule has 0 saturated heterocycles. The quantitative estimate of drug-likeness (QED) is 0.811. The molecule has 0 bridgehead atoms. The van der Waals surface area contributed by atoms with Crippen LogP contribution in [0.25, 0.3) is 0 Å². The first-order valence-corrected chi connectivity index (χ1v) is 10.7. The van der Waals surface area contributed by atoms with Crippen molar-refractivity contribution in [3.63, 3.8) is 0 Å². The third-order valence-electron chi connectivity index (χ3n) is 5.70. The van der Waals surface area contributed by atoms with E-state index < -0.39 is 0 Å². The molecule has 1 N–H and O–H groups in total. The lowest BCUT2D eigenvalue weighted by atomic mass is 10.0. The van der Waals surface area contributed by atoms with Gasteiger partial charge >= 0.3 is 0 Å². The van der Waals surface area contributed by atoms with E-state index in [1.165, 1.54) is 11.1 Å². The van der Waals surface area contributed by atoms with E-state index in [-0.39, 0.29) is 11.9 Å². The first kappa shape index (κ1) is 19.9. The summed E-state index contributed by atoms with van der Waals surface area (Å²) in [5.41, 5.74) is 2.66. The predicted octanol–water partition coefficient (Wildman–Crippen LogP) is 2.49. The molecule has 2 aliphatic heterocycles. The van der Waals surface area contributed by atoms with E-state index in [1.807, 2.05) is 0 Å². The number of carbonyl (C=O) groups excluding carboxylic acids is 1. The molecule has 0 radical (unpaired) electrons. The number of rotatable bonds is 6. The molecule has 0 fully saturated rings. The van der Waals surface area contributed by atoms with E-state index in [4.69, 9.17) is 4.74 Å². The summed E-state index contributed by atoms with van der Waals surface area (Å²) in [4.78, 5) is 14.2. The Morgan fingerprint density at radius 2 is 2.07 bits per heavy atom. The maximum atomic E-state index is 11.7. The summed E-state index contributed by atoms with van der Waals surface area (Å²) < 4.78 is 7.85. The highest BCUT2D eigenvalue weighted by Crippen LogP contribution is 2.27. The van der Waals surface area contributed by atoms with E-state index in [2.05, 4.69) is 57.0 Å². The van der Waals surface area contributed by atoms with Crippen LogP contribution in [0.3, 0.4) is 0 Å². The first-order chi connectivity index (χ1) is 14.0. The van der Waals surface area contributed by atoms with Crippen LogP contribution in [0.5, 0.6) is 5.75 Å². The van der Waals surface area contributed by atoms with Gasteiger partial charge in [0.25, 0.3) is 0 Å². The molecule has 0 spiro atoms. The van der Waals surface area contributed by atoms with Crippen LogP contribution in [0.15, 0.2) is 18.2 Å². The van der Waals surface area contributed by atoms with Crippen molar-refractivity contribution in [3.05, 3.63) is 41.0 Å². The molecule has 1 atom stereocenters. The van der Waals surface area contributed by atoms with E-state index in [0.29, 0.717) is 5.92 Å². The lowest BCUT2D eigenvalue weighted by molar-refractivity contribution is -0.119. The van der Waals surface area contributed by atoms with Gasteiger partial charge in [-0.15, -0.1) is 10.2 Å². The second-order valence-electron chi connectivity index (χ2n) is 8.58. The van der Waals surface area contributed by atoms with Crippen molar-refractivity contribution in [2.75, 3.05) is 19.7 Å². The maximum Gasteiger partial charge on any atom is 0.217 e. The summed E-state index contributed by atoms with van der Waals surface area (Å²) in [6.07, 6.45) is 2.74. The summed E-state index contributed by atoms with van der Waals surface area (Å²) in [5, 5.41) is 12.0. The maximum absolute atomic E-state index is 11.7. The number of hydrogen-bond donors (Lipinski definition) is 1. The van der Waals surface area contributed by atoms with Gasteiger partial charge in [-0.1, -0.05) is 26.0 Å². The number of nitrogens with one attached hydrogen (secondary N) is 1. The number of carbonyl (C=O) groups is 1. The molecular weight excluding hydrogens is 366 g/mol. The molecule has 29 heavy (non-hydrogen) atoms. The number of nitrogens with zero attached hydrogens (tertiary/aromatic N) is 4. The Bertz CT molecular complexity index is 876. The Balaban J connectivity index is 1.46. The lowest BCUT2D eigenvalue weighted by Crippen LogP contribution is -2.31. The van der Waals surface area contributed by atoms with E-state index in [0.717, 1.165) is 69.4 Å². The largest absolute Gasteiger partial charge is 0.493 e. The summed E-state index contributed by atoms with van der Waals surface area (Å²) in [7, 11) is 0. The van der Waals surface area contributed by atoms with Gasteiger partial charge in [0, 0.05) is 45.9 Å². The third-order valence-corrected chi connectivity index (χ3v) is 5.70. The fraction of sp³-hybridized carbons (Fsp3) is 0.591. The van der Waals surface area contributed by atoms with Gasteiger partial charge in [0.2, 0.25) is 5.91 Å². The SMILES string of the molecule is CC(=O)NC(CC(C)C)c1nnc2n1CCN(Cc1ccc3c(c1)CCO3)CC2. The zero-order chi connectivity index (χ0) is 20.4. The van der Waals surface area contributed by atoms with Crippen LogP contribution >= 0.6 is 0 Å². The highest BCUT2D eigenvalue weighted by molar-refractivity contribution is 5.73. The van der Waals surface area contributed by atoms with Crippen molar-refractivity contribution in [1.82, 2.24) is 25.0 Å². The minimum Gasteiger partial charge on any atom is -0.493 e. The van der Waals surface area contributed by atoms with E-state index in [1.54, 1.807) is 6.92 Å². The number of benzene rings is 1. The normalized spacial score (nSPS) is 17.4. The van der Waals surface area contributed by atoms with Crippen molar-refractivity contribution in [3.8, 4) is 5.75 Å². The van der Waals surface area contributed by atoms with Gasteiger partial charge in [-0.2, -0.15) is 0 Å². The average Bonchev–Trinajstić information content (AvgIpc) is 3.24. The van der Waals surface area contributed by atoms with Crippen LogP contribution in [0.4, 0.5) is 0 Å². The van der Waals surface area contributed by atoms with Crippen LogP contribution in [-0.4, -0.2) is 45.3 Å². The van der Waals surface area contributed by atoms with Crippen LogP contribution < -0.4 is 10.1 Å². The van der Waals surface area contributed by atoms with Crippen LogP contribution in [0.2, 0.25) is 0 Å². The topological polar surface area (TPSA) is 72.3 Å². The van der Waals surface area contributed by atoms with Gasteiger partial charge in [-0.3, -0.25) is 9.69 Å². The zero-order valence-electron chi connectivity index (χ0n) is 17.6. The fourth-order valence-electron chi connectivity index (χ4n) is 4.35. The molecule has 1 aromatic carbocycles. The van der Waals surface area contributed by atoms with Crippen LogP contribution in [-0.2, 0) is 30.7 Å². The number of aromatic nitrogens is 3. The Hall–Kier alpha value is -2.41. The Morgan fingerprint density at radius 3 is 2.86 bits per heavy atom. The molecule has 7 nitrogen and oxygen atoms in total. The Labute approximate surface area is 172 Å². The van der Waals surface area contributed by atoms with Gasteiger partial charge in [0.05, 0.1) is 12.6 Å². The molecule has 2 aromatic rings. The molecule has 3 heterocycles. The van der Waals surface area contributed by atoms with Crippen molar-refractivity contribution < 1.29 is 9.53 Å². The Kier molecular flexibility index (Phi) is 5.85. The minimum absolute atomic E-state index is 0.0242. The molecule has 1 unspecified atom stereocenters. The van der Waals surface area contributed by atoms with Crippen LogP contribution in [0, 0.1) is 5.92 Å². The van der Waals surface area contributed by atoms with Gasteiger partial charge < -0.3 is 14.6 Å². The molecule has 2 aliphatic rings. The summed E-state index contributed by atoms with van der Waals surface area (Å²) >= 11 is 0. The number of hydrogen-bond acceptors (Lipinski definition) is 5. The van der Waals surface area contributed by atoms with E-state index in [9.17, 15) is 4.79 Å². The molecule has 0 saturated carbocycles. The molecule has 0 aliphatic carbocycles. The van der Waals surface area contributed by atoms with Gasteiger partial charge in [-0.05, 0) is 29.5 Å². The summed E-state index contributed by atoms with van der Waals surface area (Å²) in [5.74, 6) is 3.38. The second kappa shape index (κ2) is 8.53. The number of ether oxygens (including phenoxy) is 1. The summed E-state index contributed by atoms with van der Waals surface area (Å²) in [6, 6.07) is 6.48. The fourth-order valence-corrected chi connectivity index (χ4v) is 4.35. The average molecular weight is 398 g/mol. The minimum atomic E-state index is -0.0861. The summed E-state index contributed by atoms with van der Waals surface area (Å²) in [6.45, 7) is 10.4. The van der Waals surface area contributed by atoms with Gasteiger partial charge in [0.15, 0.2) is 5.82 Å². The zero-order valence-corrected chi connectivity index (χ0v) is 17.6. The number of fused-ring (bicyclic) bond motifs is 2. The molecule has 7 heteroatoms. The molecule has 4 rings (SSSR count). The van der Waals surface area contributed by atoms with Crippen molar-refractivity contribution in [2.45, 2.75) is 59.2 Å². The van der Waals surface area contributed by atoms with Crippen molar-refractivity contribution in [2.24, 2.45) is 5.92 Å².